The number of nitrogens with zero attached hydrogens (tertiary/aromatic N) is 1. The number of halogens is 2. The Labute approximate surface area is 109 Å². The maximum atomic E-state index is 13.5. The predicted octanol–water partition coefficient (Wildman–Crippen LogP) is 1.50. The van der Waals surface area contributed by atoms with Crippen molar-refractivity contribution < 1.29 is 9.18 Å². The van der Waals surface area contributed by atoms with Crippen LogP contribution in [0, 0.1) is 5.82 Å². The second kappa shape index (κ2) is 4.48. The van der Waals surface area contributed by atoms with Gasteiger partial charge in [0, 0.05) is 24.3 Å². The SMILES string of the molecule is O=C(N[C@@H]1C[C@H]2CC[C@@H]1N2)c1ncc(Cl)cc1F. The van der Waals surface area contributed by atoms with Gasteiger partial charge < -0.3 is 10.6 Å². The monoisotopic (exact) mass is 269 g/mol. The number of carbonyl (C=O) groups is 1. The van der Waals surface area contributed by atoms with Crippen molar-refractivity contribution in [3.8, 4) is 0 Å². The van der Waals surface area contributed by atoms with Crippen molar-refractivity contribution in [3.05, 3.63) is 28.8 Å². The lowest BCUT2D eigenvalue weighted by atomic mass is 9.95. The maximum absolute atomic E-state index is 13.5. The van der Waals surface area contributed by atoms with E-state index >= 15 is 0 Å². The van der Waals surface area contributed by atoms with Crippen molar-refractivity contribution in [3.63, 3.8) is 0 Å². The summed E-state index contributed by atoms with van der Waals surface area (Å²) in [6.45, 7) is 0. The van der Waals surface area contributed by atoms with Gasteiger partial charge in [-0.05, 0) is 25.3 Å². The number of amides is 1. The van der Waals surface area contributed by atoms with Crippen molar-refractivity contribution in [2.75, 3.05) is 0 Å². The molecule has 3 rings (SSSR count). The van der Waals surface area contributed by atoms with Crippen LogP contribution in [0.5, 0.6) is 0 Å². The molecule has 0 spiro atoms. The van der Waals surface area contributed by atoms with Crippen LogP contribution in [0.25, 0.3) is 0 Å². The van der Waals surface area contributed by atoms with Gasteiger partial charge in [-0.2, -0.15) is 0 Å². The molecule has 2 N–H and O–H groups in total. The molecule has 0 saturated carbocycles. The molecule has 2 aliphatic heterocycles. The number of hydrogen-bond donors (Lipinski definition) is 2. The molecule has 0 aliphatic carbocycles. The van der Waals surface area contributed by atoms with Crippen LogP contribution in [0.4, 0.5) is 4.39 Å². The summed E-state index contributed by atoms with van der Waals surface area (Å²) < 4.78 is 13.5. The summed E-state index contributed by atoms with van der Waals surface area (Å²) in [5.41, 5.74) is -0.192. The standard InChI is InChI=1S/C12H13ClFN3O/c13-6-3-8(14)11(15-5-6)12(18)17-10-4-7-1-2-9(10)16-7/h3,5,7,9-10,16H,1-2,4H2,(H,17,18)/t7-,9+,10-/m1/s1. The maximum Gasteiger partial charge on any atom is 0.273 e. The van der Waals surface area contributed by atoms with E-state index in [-0.39, 0.29) is 16.8 Å². The molecule has 3 atom stereocenters. The highest BCUT2D eigenvalue weighted by atomic mass is 35.5. The number of fused-ring (bicyclic) bond motifs is 2. The third kappa shape index (κ3) is 2.08. The first-order chi connectivity index (χ1) is 8.63. The number of hydrogen-bond acceptors (Lipinski definition) is 3. The molecular weight excluding hydrogens is 257 g/mol. The molecule has 96 valence electrons. The van der Waals surface area contributed by atoms with E-state index in [1.165, 1.54) is 6.20 Å². The van der Waals surface area contributed by atoms with Crippen molar-refractivity contribution in [2.45, 2.75) is 37.4 Å². The molecule has 1 aromatic rings. The summed E-state index contributed by atoms with van der Waals surface area (Å²) in [5.74, 6) is -1.15. The minimum absolute atomic E-state index is 0.0770. The number of nitrogens with one attached hydrogen (secondary N) is 2. The number of pyridine rings is 1. The van der Waals surface area contributed by atoms with Gasteiger partial charge in [-0.25, -0.2) is 9.37 Å². The zero-order valence-electron chi connectivity index (χ0n) is 9.62. The Balaban J connectivity index is 1.71. The molecule has 1 aromatic heterocycles. The van der Waals surface area contributed by atoms with Gasteiger partial charge in [-0.1, -0.05) is 11.6 Å². The van der Waals surface area contributed by atoms with Crippen LogP contribution >= 0.6 is 11.6 Å². The van der Waals surface area contributed by atoms with Crippen molar-refractivity contribution in [1.82, 2.24) is 15.6 Å². The minimum Gasteiger partial charge on any atom is -0.346 e. The Hall–Kier alpha value is -1.20. The molecular formula is C12H13ClFN3O. The Kier molecular flexibility index (Phi) is 2.95. The third-order valence-electron chi connectivity index (χ3n) is 3.64. The van der Waals surface area contributed by atoms with Crippen LogP contribution in [0.3, 0.4) is 0 Å². The summed E-state index contributed by atoms with van der Waals surface area (Å²) in [6, 6.07) is 1.98. The molecule has 18 heavy (non-hydrogen) atoms. The summed E-state index contributed by atoms with van der Waals surface area (Å²) in [4.78, 5) is 15.7. The van der Waals surface area contributed by atoms with Crippen LogP contribution in [-0.2, 0) is 0 Å². The molecule has 0 aromatic carbocycles. The number of rotatable bonds is 2. The van der Waals surface area contributed by atoms with Gasteiger partial charge in [-0.3, -0.25) is 4.79 Å². The Morgan fingerprint density at radius 1 is 1.56 bits per heavy atom. The highest BCUT2D eigenvalue weighted by Gasteiger charge is 2.40. The fraction of sp³-hybridized carbons (Fsp3) is 0.500. The zero-order chi connectivity index (χ0) is 12.7. The van der Waals surface area contributed by atoms with Gasteiger partial charge in [0.1, 0.15) is 0 Å². The zero-order valence-corrected chi connectivity index (χ0v) is 10.4. The van der Waals surface area contributed by atoms with Gasteiger partial charge in [0.2, 0.25) is 0 Å². The summed E-state index contributed by atoms with van der Waals surface area (Å²) in [5, 5.41) is 6.43. The van der Waals surface area contributed by atoms with E-state index in [2.05, 4.69) is 15.6 Å². The van der Waals surface area contributed by atoms with Crippen LogP contribution in [0.2, 0.25) is 5.02 Å². The molecule has 2 saturated heterocycles. The quantitative estimate of drug-likeness (QED) is 0.855. The topological polar surface area (TPSA) is 54.0 Å². The van der Waals surface area contributed by atoms with Crippen molar-refractivity contribution >= 4 is 17.5 Å². The van der Waals surface area contributed by atoms with Crippen molar-refractivity contribution in [1.29, 1.82) is 0 Å². The first kappa shape index (κ1) is 11.9. The molecule has 4 nitrogen and oxygen atoms in total. The van der Waals surface area contributed by atoms with E-state index in [4.69, 9.17) is 11.6 Å². The predicted molar refractivity (Wildman–Crippen MR) is 65.0 cm³/mol. The van der Waals surface area contributed by atoms with Gasteiger partial charge >= 0.3 is 0 Å². The van der Waals surface area contributed by atoms with Crippen LogP contribution in [-0.4, -0.2) is 29.0 Å². The Morgan fingerprint density at radius 2 is 2.39 bits per heavy atom. The Morgan fingerprint density at radius 3 is 3.00 bits per heavy atom. The summed E-state index contributed by atoms with van der Waals surface area (Å²) >= 11 is 5.60. The lowest BCUT2D eigenvalue weighted by Gasteiger charge is -2.21. The lowest BCUT2D eigenvalue weighted by molar-refractivity contribution is 0.0921. The van der Waals surface area contributed by atoms with Crippen LogP contribution in [0.15, 0.2) is 12.3 Å². The van der Waals surface area contributed by atoms with Crippen LogP contribution < -0.4 is 10.6 Å². The fourth-order valence-electron chi connectivity index (χ4n) is 2.80. The summed E-state index contributed by atoms with van der Waals surface area (Å²) in [7, 11) is 0. The second-order valence-electron chi connectivity index (χ2n) is 4.85. The van der Waals surface area contributed by atoms with Gasteiger partial charge in [0.15, 0.2) is 11.5 Å². The summed E-state index contributed by atoms with van der Waals surface area (Å²) in [6.07, 6.45) is 4.40. The number of aromatic nitrogens is 1. The second-order valence-corrected chi connectivity index (χ2v) is 5.28. The first-order valence-electron chi connectivity index (χ1n) is 6.01. The van der Waals surface area contributed by atoms with Crippen LogP contribution in [0.1, 0.15) is 29.8 Å². The van der Waals surface area contributed by atoms with E-state index in [1.807, 2.05) is 0 Å². The average Bonchev–Trinajstić information content (AvgIpc) is 2.90. The minimum atomic E-state index is -0.684. The largest absolute Gasteiger partial charge is 0.346 e. The normalized spacial score (nSPS) is 29.6. The molecule has 2 fully saturated rings. The molecule has 0 radical (unpaired) electrons. The van der Waals surface area contributed by atoms with Gasteiger partial charge in [-0.15, -0.1) is 0 Å². The van der Waals surface area contributed by atoms with Crippen molar-refractivity contribution in [2.24, 2.45) is 0 Å². The number of carbonyl (C=O) groups excluding carboxylic acids is 1. The lowest BCUT2D eigenvalue weighted by Crippen LogP contribution is -2.43. The molecule has 1 amide bonds. The molecule has 2 bridgehead atoms. The van der Waals surface area contributed by atoms with E-state index in [0.29, 0.717) is 12.1 Å². The van der Waals surface area contributed by atoms with Gasteiger partial charge in [0.05, 0.1) is 5.02 Å². The van der Waals surface area contributed by atoms with E-state index in [0.717, 1.165) is 25.3 Å². The molecule has 0 unspecified atom stereocenters. The highest BCUT2D eigenvalue weighted by molar-refractivity contribution is 6.30. The Bertz CT molecular complexity index is 496. The molecule has 3 heterocycles. The smallest absolute Gasteiger partial charge is 0.273 e. The average molecular weight is 270 g/mol. The van der Waals surface area contributed by atoms with E-state index < -0.39 is 11.7 Å². The highest BCUT2D eigenvalue weighted by Crippen LogP contribution is 2.28. The van der Waals surface area contributed by atoms with E-state index in [9.17, 15) is 9.18 Å². The third-order valence-corrected chi connectivity index (χ3v) is 3.85. The van der Waals surface area contributed by atoms with Gasteiger partial charge in [0.25, 0.3) is 5.91 Å². The fourth-order valence-corrected chi connectivity index (χ4v) is 2.95. The first-order valence-corrected chi connectivity index (χ1v) is 6.39. The van der Waals surface area contributed by atoms with E-state index in [1.54, 1.807) is 0 Å². The molecule has 2 aliphatic rings. The molecule has 6 heteroatoms.